The number of hydrogen-bond acceptors (Lipinski definition) is 0. The standard InChI is InChI=1S/C16H21P/c1-12-10-13(2)15(17-8-6-7-9-17)14(11-12)16(3,4)5/h6-11H,1-5H3. The topological polar surface area (TPSA) is 0 Å². The van der Waals surface area contributed by atoms with Crippen molar-refractivity contribution in [1.29, 1.82) is 0 Å². The molecule has 0 bridgehead atoms. The maximum absolute atomic E-state index is 2.37. The zero-order valence-electron chi connectivity index (χ0n) is 11.4. The first kappa shape index (κ1) is 12.5. The molecule has 0 aliphatic rings. The van der Waals surface area contributed by atoms with Gasteiger partial charge in [0, 0.05) is 5.30 Å². The third kappa shape index (κ3) is 2.48. The monoisotopic (exact) mass is 244 g/mol. The highest BCUT2D eigenvalue weighted by molar-refractivity contribution is 7.56. The summed E-state index contributed by atoms with van der Waals surface area (Å²) >= 11 is 0. The number of aryl methyl sites for hydroxylation is 2. The van der Waals surface area contributed by atoms with Crippen molar-refractivity contribution >= 4 is 7.53 Å². The summed E-state index contributed by atoms with van der Waals surface area (Å²) in [6.07, 6.45) is 0. The van der Waals surface area contributed by atoms with E-state index in [1.807, 2.05) is 0 Å². The third-order valence-electron chi connectivity index (χ3n) is 3.12. The molecule has 0 nitrogen and oxygen atoms in total. The first-order chi connectivity index (χ1) is 7.89. The number of rotatable bonds is 1. The highest BCUT2D eigenvalue weighted by Gasteiger charge is 2.20. The molecule has 0 radical (unpaired) electrons. The Morgan fingerprint density at radius 3 is 2.06 bits per heavy atom. The van der Waals surface area contributed by atoms with Crippen LogP contribution in [0.1, 0.15) is 37.5 Å². The van der Waals surface area contributed by atoms with Gasteiger partial charge in [0.05, 0.1) is 0 Å². The van der Waals surface area contributed by atoms with Gasteiger partial charge in [-0.2, -0.15) is 0 Å². The van der Waals surface area contributed by atoms with Crippen LogP contribution in [0.5, 0.6) is 0 Å². The Hall–Kier alpha value is -1.00. The Bertz CT molecular complexity index is 513. The average molecular weight is 244 g/mol. The molecule has 0 spiro atoms. The minimum Gasteiger partial charge on any atom is -0.0928 e. The van der Waals surface area contributed by atoms with Crippen molar-refractivity contribution in [3.05, 3.63) is 52.6 Å². The lowest BCUT2D eigenvalue weighted by Crippen LogP contribution is -2.12. The molecule has 0 aliphatic heterocycles. The summed E-state index contributed by atoms with van der Waals surface area (Å²) < 4.78 is 0. The van der Waals surface area contributed by atoms with E-state index in [1.165, 1.54) is 16.7 Å². The van der Waals surface area contributed by atoms with E-state index in [1.54, 1.807) is 5.30 Å². The summed E-state index contributed by atoms with van der Waals surface area (Å²) in [4.78, 5) is 0. The molecular weight excluding hydrogens is 223 g/mol. The van der Waals surface area contributed by atoms with E-state index < -0.39 is 0 Å². The Morgan fingerprint density at radius 1 is 0.941 bits per heavy atom. The van der Waals surface area contributed by atoms with Gasteiger partial charge < -0.3 is 0 Å². The Balaban J connectivity index is 2.73. The summed E-state index contributed by atoms with van der Waals surface area (Å²) in [5, 5.41) is 1.56. The van der Waals surface area contributed by atoms with Gasteiger partial charge in [-0.05, 0) is 42.0 Å². The van der Waals surface area contributed by atoms with Crippen molar-refractivity contribution in [2.45, 2.75) is 40.0 Å². The summed E-state index contributed by atoms with van der Waals surface area (Å²) in [6.45, 7) is 11.4. The van der Waals surface area contributed by atoms with E-state index in [4.69, 9.17) is 0 Å². The molecule has 0 fully saturated rings. The maximum atomic E-state index is 2.37. The molecule has 0 N–H and O–H groups in total. The first-order valence-electron chi connectivity index (χ1n) is 6.14. The zero-order chi connectivity index (χ0) is 12.6. The minimum atomic E-state index is -0.220. The fourth-order valence-electron chi connectivity index (χ4n) is 2.36. The highest BCUT2D eigenvalue weighted by atomic mass is 31.1. The van der Waals surface area contributed by atoms with E-state index in [0.717, 1.165) is 0 Å². The number of hydrogen-bond donors (Lipinski definition) is 0. The van der Waals surface area contributed by atoms with Gasteiger partial charge in [0.15, 0.2) is 0 Å². The van der Waals surface area contributed by atoms with E-state index >= 15 is 0 Å². The van der Waals surface area contributed by atoms with Gasteiger partial charge in [-0.3, -0.25) is 0 Å². The molecular formula is C16H21P. The summed E-state index contributed by atoms with van der Waals surface area (Å²) in [5.74, 6) is 4.70. The zero-order valence-corrected chi connectivity index (χ0v) is 12.3. The smallest absolute Gasteiger partial charge is 0.00450 e. The fraction of sp³-hybridized carbons (Fsp3) is 0.375. The minimum absolute atomic E-state index is 0.220. The van der Waals surface area contributed by atoms with Crippen molar-refractivity contribution < 1.29 is 0 Å². The van der Waals surface area contributed by atoms with Gasteiger partial charge in [0.1, 0.15) is 0 Å². The molecule has 1 aromatic carbocycles. The molecule has 90 valence electrons. The van der Waals surface area contributed by atoms with Crippen molar-refractivity contribution in [1.82, 2.24) is 0 Å². The lowest BCUT2D eigenvalue weighted by atomic mass is 9.85. The molecule has 1 aromatic heterocycles. The van der Waals surface area contributed by atoms with Gasteiger partial charge in [0.25, 0.3) is 0 Å². The molecule has 0 amide bonds. The molecule has 17 heavy (non-hydrogen) atoms. The Labute approximate surface area is 106 Å². The molecule has 2 aromatic rings. The van der Waals surface area contributed by atoms with E-state index in [2.05, 4.69) is 70.5 Å². The van der Waals surface area contributed by atoms with E-state index in [9.17, 15) is 0 Å². The molecule has 0 saturated carbocycles. The fourth-order valence-corrected chi connectivity index (χ4v) is 4.48. The lowest BCUT2D eigenvalue weighted by molar-refractivity contribution is 0.592. The average Bonchev–Trinajstić information content (AvgIpc) is 2.67. The van der Waals surface area contributed by atoms with Crippen LogP contribution in [0.3, 0.4) is 0 Å². The van der Waals surface area contributed by atoms with Gasteiger partial charge >= 0.3 is 0 Å². The van der Waals surface area contributed by atoms with Crippen LogP contribution < -0.4 is 0 Å². The molecule has 0 saturated heterocycles. The van der Waals surface area contributed by atoms with Gasteiger partial charge in [0.2, 0.25) is 0 Å². The summed E-state index contributed by atoms with van der Waals surface area (Å²) in [5.41, 5.74) is 4.55. The predicted octanol–water partition coefficient (Wildman–Crippen LogP) is 5.58. The predicted molar refractivity (Wildman–Crippen MR) is 78.7 cm³/mol. The Kier molecular flexibility index (Phi) is 3.19. The molecule has 1 heterocycles. The summed E-state index contributed by atoms with van der Waals surface area (Å²) in [6, 6.07) is 9.03. The normalized spacial score (nSPS) is 11.8. The second-order valence-electron chi connectivity index (χ2n) is 5.82. The van der Waals surface area contributed by atoms with Crippen molar-refractivity contribution in [3.63, 3.8) is 0 Å². The van der Waals surface area contributed by atoms with Crippen LogP contribution in [0.15, 0.2) is 35.9 Å². The Morgan fingerprint density at radius 2 is 1.53 bits per heavy atom. The van der Waals surface area contributed by atoms with Crippen LogP contribution in [-0.4, -0.2) is 0 Å². The summed E-state index contributed by atoms with van der Waals surface area (Å²) in [7, 11) is -0.220. The molecule has 1 heteroatoms. The second kappa shape index (κ2) is 4.35. The largest absolute Gasteiger partial charge is 0.0928 e. The van der Waals surface area contributed by atoms with Crippen LogP contribution in [-0.2, 0) is 5.41 Å². The van der Waals surface area contributed by atoms with Crippen LogP contribution >= 0.6 is 7.53 Å². The maximum Gasteiger partial charge on any atom is 0.00450 e. The molecule has 0 aliphatic carbocycles. The molecule has 0 atom stereocenters. The quantitative estimate of drug-likeness (QED) is 0.614. The lowest BCUT2D eigenvalue weighted by Gasteiger charge is -2.25. The van der Waals surface area contributed by atoms with Crippen molar-refractivity contribution in [2.75, 3.05) is 0 Å². The van der Waals surface area contributed by atoms with E-state index in [0.29, 0.717) is 0 Å². The first-order valence-corrected chi connectivity index (χ1v) is 7.62. The molecule has 0 unspecified atom stereocenters. The van der Waals surface area contributed by atoms with Crippen LogP contribution in [0.25, 0.3) is 5.30 Å². The molecule has 2 rings (SSSR count). The van der Waals surface area contributed by atoms with Crippen LogP contribution in [0.4, 0.5) is 0 Å². The second-order valence-corrected chi connectivity index (χ2v) is 7.68. The van der Waals surface area contributed by atoms with E-state index in [-0.39, 0.29) is 12.9 Å². The van der Waals surface area contributed by atoms with Gasteiger partial charge in [-0.1, -0.05) is 58.1 Å². The van der Waals surface area contributed by atoms with Crippen molar-refractivity contribution in [2.24, 2.45) is 0 Å². The van der Waals surface area contributed by atoms with Crippen LogP contribution in [0, 0.1) is 13.8 Å². The highest BCUT2D eigenvalue weighted by Crippen LogP contribution is 2.47. The van der Waals surface area contributed by atoms with Gasteiger partial charge in [-0.15, -0.1) is 0 Å². The number of benzene rings is 1. The van der Waals surface area contributed by atoms with Crippen molar-refractivity contribution in [3.8, 4) is 5.30 Å². The van der Waals surface area contributed by atoms with Crippen LogP contribution in [0.2, 0.25) is 0 Å². The third-order valence-corrected chi connectivity index (χ3v) is 5.21. The van der Waals surface area contributed by atoms with Gasteiger partial charge in [-0.25, -0.2) is 0 Å². The SMILES string of the molecule is Cc1cc(C)c(-p2cccc2)c(C(C)(C)C)c1.